The van der Waals surface area contributed by atoms with Crippen LogP contribution in [0.2, 0.25) is 0 Å². The molecule has 0 saturated carbocycles. The maximum Gasteiger partial charge on any atom is 0.419 e. The summed E-state index contributed by atoms with van der Waals surface area (Å²) >= 11 is 0.759. The van der Waals surface area contributed by atoms with Gasteiger partial charge in [-0.15, -0.1) is 11.3 Å². The molecular weight excluding hydrogens is 245 g/mol. The summed E-state index contributed by atoms with van der Waals surface area (Å²) in [5, 5.41) is 11.8. The molecule has 0 spiro atoms. The largest absolute Gasteiger partial charge is 0.419 e. The van der Waals surface area contributed by atoms with Crippen LogP contribution in [0.25, 0.3) is 0 Å². The monoisotopic (exact) mass is 254 g/mol. The van der Waals surface area contributed by atoms with Crippen molar-refractivity contribution in [3.05, 3.63) is 16.5 Å². The molecule has 16 heavy (non-hydrogen) atoms. The number of rotatable bonds is 1. The van der Waals surface area contributed by atoms with E-state index in [0.717, 1.165) is 18.4 Å². The Balaban J connectivity index is 3.03. The zero-order chi connectivity index (χ0) is 12.5. The van der Waals surface area contributed by atoms with Crippen molar-refractivity contribution < 1.29 is 23.2 Å². The summed E-state index contributed by atoms with van der Waals surface area (Å²) in [6.45, 7) is 1.30. The van der Waals surface area contributed by atoms with Crippen molar-refractivity contribution in [3.8, 4) is 0 Å². The van der Waals surface area contributed by atoms with Crippen molar-refractivity contribution in [2.45, 2.75) is 13.1 Å². The van der Waals surface area contributed by atoms with E-state index in [2.05, 4.69) is 0 Å². The van der Waals surface area contributed by atoms with Gasteiger partial charge in [-0.3, -0.25) is 10.5 Å². The second-order valence-corrected chi connectivity index (χ2v) is 3.95. The molecule has 0 aliphatic carbocycles. The van der Waals surface area contributed by atoms with Crippen LogP contribution in [0.4, 0.5) is 23.0 Å². The molecule has 0 fully saturated rings. The van der Waals surface area contributed by atoms with E-state index >= 15 is 0 Å². The fourth-order valence-electron chi connectivity index (χ4n) is 1.07. The van der Waals surface area contributed by atoms with E-state index < -0.39 is 17.8 Å². The molecule has 2 amide bonds. The predicted molar refractivity (Wildman–Crippen MR) is 52.6 cm³/mol. The third-order valence-electron chi connectivity index (χ3n) is 1.77. The first-order valence-corrected chi connectivity index (χ1v) is 5.00. The van der Waals surface area contributed by atoms with Gasteiger partial charge in [0.1, 0.15) is 5.00 Å². The first kappa shape index (κ1) is 12.8. The van der Waals surface area contributed by atoms with Crippen LogP contribution in [-0.4, -0.2) is 23.3 Å². The number of carbonyl (C=O) groups is 1. The second kappa shape index (κ2) is 4.30. The van der Waals surface area contributed by atoms with Gasteiger partial charge in [-0.05, 0) is 17.9 Å². The van der Waals surface area contributed by atoms with Gasteiger partial charge >= 0.3 is 12.2 Å². The Kier molecular flexibility index (Phi) is 3.44. The number of amides is 2. The highest BCUT2D eigenvalue weighted by molar-refractivity contribution is 7.14. The molecule has 1 heterocycles. The van der Waals surface area contributed by atoms with Gasteiger partial charge in [-0.25, -0.2) is 9.86 Å². The van der Waals surface area contributed by atoms with E-state index in [0.29, 0.717) is 0 Å². The Morgan fingerprint density at radius 3 is 2.56 bits per heavy atom. The highest BCUT2D eigenvalue weighted by atomic mass is 32.1. The molecule has 4 nitrogen and oxygen atoms in total. The minimum Gasteiger partial charge on any atom is -0.297 e. The number of nitrogens with one attached hydrogen (secondary N) is 1. The molecule has 0 unspecified atom stereocenters. The van der Waals surface area contributed by atoms with Crippen LogP contribution in [0.3, 0.4) is 0 Å². The summed E-state index contributed by atoms with van der Waals surface area (Å²) in [6.07, 6.45) is -4.53. The molecule has 8 heteroatoms. The lowest BCUT2D eigenvalue weighted by molar-refractivity contribution is -0.137. The Hall–Kier alpha value is -1.28. The normalized spacial score (nSPS) is 11.4. The smallest absolute Gasteiger partial charge is 0.297 e. The lowest BCUT2D eigenvalue weighted by Crippen LogP contribution is -2.28. The Morgan fingerprint density at radius 1 is 1.56 bits per heavy atom. The second-order valence-electron chi connectivity index (χ2n) is 3.07. The van der Waals surface area contributed by atoms with E-state index in [-0.39, 0.29) is 15.6 Å². The van der Waals surface area contributed by atoms with Gasteiger partial charge in [0.2, 0.25) is 0 Å². The summed E-state index contributed by atoms with van der Waals surface area (Å²) in [5.74, 6) is 0. The van der Waals surface area contributed by atoms with Gasteiger partial charge in [0, 0.05) is 7.05 Å². The van der Waals surface area contributed by atoms with Gasteiger partial charge in [-0.2, -0.15) is 13.2 Å². The first-order valence-electron chi connectivity index (χ1n) is 4.12. The average Bonchev–Trinajstić information content (AvgIpc) is 2.45. The predicted octanol–water partition coefficient (Wildman–Crippen LogP) is 2.93. The number of hydrogen-bond donors (Lipinski definition) is 2. The molecule has 0 aromatic carbocycles. The maximum atomic E-state index is 12.6. The number of hydroxylamine groups is 2. The zero-order valence-corrected chi connectivity index (χ0v) is 9.24. The number of halogens is 3. The lowest BCUT2D eigenvalue weighted by Gasteiger charge is -2.12. The molecule has 1 rings (SSSR count). The van der Waals surface area contributed by atoms with Crippen LogP contribution in [0.15, 0.2) is 5.38 Å². The van der Waals surface area contributed by atoms with Crippen LogP contribution < -0.4 is 5.32 Å². The van der Waals surface area contributed by atoms with E-state index in [9.17, 15) is 18.0 Å². The lowest BCUT2D eigenvalue weighted by atomic mass is 10.2. The summed E-state index contributed by atoms with van der Waals surface area (Å²) < 4.78 is 37.7. The van der Waals surface area contributed by atoms with E-state index in [4.69, 9.17) is 5.21 Å². The van der Waals surface area contributed by atoms with Gasteiger partial charge in [0.15, 0.2) is 0 Å². The van der Waals surface area contributed by atoms with Crippen molar-refractivity contribution in [3.63, 3.8) is 0 Å². The highest BCUT2D eigenvalue weighted by Crippen LogP contribution is 2.41. The molecule has 0 saturated heterocycles. The third-order valence-corrected chi connectivity index (χ3v) is 2.79. The fraction of sp³-hybridized carbons (Fsp3) is 0.375. The number of carbonyl (C=O) groups excluding carboxylic acids is 1. The Morgan fingerprint density at radius 2 is 2.12 bits per heavy atom. The molecule has 2 N–H and O–H groups in total. The molecule has 0 aliphatic heterocycles. The SMILES string of the molecule is Cc1csc(NC(=O)N(C)O)c1C(F)(F)F. The minimum atomic E-state index is -4.53. The minimum absolute atomic E-state index is 0.0355. The molecular formula is C8H9F3N2O2S. The molecule has 0 aliphatic rings. The highest BCUT2D eigenvalue weighted by Gasteiger charge is 2.37. The fourth-order valence-corrected chi connectivity index (χ4v) is 2.02. The maximum absolute atomic E-state index is 12.6. The molecule has 90 valence electrons. The van der Waals surface area contributed by atoms with Gasteiger partial charge < -0.3 is 0 Å². The molecule has 1 aromatic rings. The number of hydrogen-bond acceptors (Lipinski definition) is 3. The quantitative estimate of drug-likeness (QED) is 0.598. The van der Waals surface area contributed by atoms with Crippen LogP contribution in [-0.2, 0) is 6.18 Å². The standard InChI is InChI=1S/C8H9F3N2O2S/c1-4-3-16-6(5(4)8(9,10)11)12-7(14)13(2)15/h3,15H,1-2H3,(H,12,14). The van der Waals surface area contributed by atoms with Crippen molar-refractivity contribution in [1.82, 2.24) is 5.06 Å². The van der Waals surface area contributed by atoms with Crippen molar-refractivity contribution in [2.24, 2.45) is 0 Å². The number of urea groups is 1. The Labute approximate surface area is 93.2 Å². The van der Waals surface area contributed by atoms with Crippen LogP contribution in [0.5, 0.6) is 0 Å². The topological polar surface area (TPSA) is 52.6 Å². The Bertz CT molecular complexity index is 400. The summed E-state index contributed by atoms with van der Waals surface area (Å²) in [7, 11) is 1.02. The molecule has 0 atom stereocenters. The first-order chi connectivity index (χ1) is 7.23. The number of thiophene rings is 1. The van der Waals surface area contributed by atoms with Crippen LogP contribution >= 0.6 is 11.3 Å². The number of aryl methyl sites for hydroxylation is 1. The summed E-state index contributed by atoms with van der Waals surface area (Å²) in [6, 6.07) is -1.02. The van der Waals surface area contributed by atoms with Crippen molar-refractivity contribution >= 4 is 22.4 Å². The van der Waals surface area contributed by atoms with Crippen LogP contribution in [0.1, 0.15) is 11.1 Å². The zero-order valence-electron chi connectivity index (χ0n) is 8.42. The molecule has 0 bridgehead atoms. The van der Waals surface area contributed by atoms with Crippen molar-refractivity contribution in [2.75, 3.05) is 12.4 Å². The summed E-state index contributed by atoms with van der Waals surface area (Å²) in [4.78, 5) is 11.0. The third kappa shape index (κ3) is 2.64. The number of anilines is 1. The number of nitrogens with zero attached hydrogens (tertiary/aromatic N) is 1. The average molecular weight is 254 g/mol. The van der Waals surface area contributed by atoms with Gasteiger partial charge in [0.05, 0.1) is 5.56 Å². The van der Waals surface area contributed by atoms with Crippen molar-refractivity contribution in [1.29, 1.82) is 0 Å². The molecule has 0 radical (unpaired) electrons. The summed E-state index contributed by atoms with van der Waals surface area (Å²) in [5.41, 5.74) is -0.846. The van der Waals surface area contributed by atoms with E-state index in [1.165, 1.54) is 12.3 Å². The van der Waals surface area contributed by atoms with E-state index in [1.807, 2.05) is 5.32 Å². The van der Waals surface area contributed by atoms with Gasteiger partial charge in [-0.1, -0.05) is 0 Å². The van der Waals surface area contributed by atoms with Gasteiger partial charge in [0.25, 0.3) is 0 Å². The number of alkyl halides is 3. The van der Waals surface area contributed by atoms with Crippen LogP contribution in [0, 0.1) is 6.92 Å². The molecule has 1 aromatic heterocycles. The van der Waals surface area contributed by atoms with E-state index in [1.54, 1.807) is 0 Å².